The maximum absolute atomic E-state index is 10.7. The highest BCUT2D eigenvalue weighted by Gasteiger charge is 2.59. The molecule has 0 amide bonds. The zero-order valence-corrected chi connectivity index (χ0v) is 20.1. The van der Waals surface area contributed by atoms with Crippen molar-refractivity contribution in [2.75, 3.05) is 0 Å². The van der Waals surface area contributed by atoms with Crippen LogP contribution in [0.2, 0.25) is 0 Å². The molecule has 5 aliphatic rings. The summed E-state index contributed by atoms with van der Waals surface area (Å²) in [5.74, 6) is 4.28. The van der Waals surface area contributed by atoms with Crippen LogP contribution >= 0.6 is 0 Å². The van der Waals surface area contributed by atoms with Crippen LogP contribution in [0.3, 0.4) is 0 Å². The van der Waals surface area contributed by atoms with Crippen LogP contribution in [0.5, 0.6) is 0 Å². The van der Waals surface area contributed by atoms with Crippen LogP contribution in [0.25, 0.3) is 0 Å². The summed E-state index contributed by atoms with van der Waals surface area (Å²) >= 11 is 0. The van der Waals surface area contributed by atoms with Crippen molar-refractivity contribution in [3.05, 3.63) is 11.6 Å². The summed E-state index contributed by atoms with van der Waals surface area (Å²) < 4.78 is 0. The van der Waals surface area contributed by atoms with Gasteiger partial charge in [0.15, 0.2) is 0 Å². The average Bonchev–Trinajstić information content (AvgIpc) is 3.29. The molecular weight excluding hydrogens is 368 g/mol. The lowest BCUT2D eigenvalue weighted by Gasteiger charge is -2.59. The first-order chi connectivity index (χ1) is 14.1. The first-order valence-corrected chi connectivity index (χ1v) is 13.2. The molecule has 2 nitrogen and oxygen atoms in total. The van der Waals surface area contributed by atoms with Crippen molar-refractivity contribution < 1.29 is 10.2 Å². The van der Waals surface area contributed by atoms with E-state index in [0.29, 0.717) is 10.8 Å². The van der Waals surface area contributed by atoms with E-state index in [9.17, 15) is 10.2 Å². The summed E-state index contributed by atoms with van der Waals surface area (Å²) in [6, 6.07) is 0. The zero-order valence-electron chi connectivity index (χ0n) is 20.1. The lowest BCUT2D eigenvalue weighted by Crippen LogP contribution is -2.52. The molecule has 0 aromatic heterocycles. The topological polar surface area (TPSA) is 40.5 Å². The summed E-state index contributed by atoms with van der Waals surface area (Å²) in [5.41, 5.74) is 1.70. The van der Waals surface area contributed by atoms with Crippen LogP contribution in [0.4, 0.5) is 0 Å². The molecule has 0 aliphatic heterocycles. The number of hydrogen-bond acceptors (Lipinski definition) is 2. The van der Waals surface area contributed by atoms with Crippen molar-refractivity contribution >= 4 is 0 Å². The average molecular weight is 415 g/mol. The molecule has 0 radical (unpaired) electrons. The summed E-state index contributed by atoms with van der Waals surface area (Å²) in [5, 5.41) is 20.9. The molecule has 5 rings (SSSR count). The second kappa shape index (κ2) is 7.08. The SMILES string of the molecule is C[C@H](CCCC1(O)CC1)[C@H]1CC[C@H]2[C@@H]3CC=C4C[C@@](C)(O)CC[C@]4(C)[C@H]3CC[C@]12C. The van der Waals surface area contributed by atoms with Gasteiger partial charge in [-0.3, -0.25) is 0 Å². The number of hydrogen-bond donors (Lipinski definition) is 2. The van der Waals surface area contributed by atoms with Crippen molar-refractivity contribution in [2.45, 2.75) is 122 Å². The highest BCUT2D eigenvalue weighted by atomic mass is 16.3. The Balaban J connectivity index is 1.29. The second-order valence-electron chi connectivity index (χ2n) is 13.3. The Bertz CT molecular complexity index is 703. The van der Waals surface area contributed by atoms with Gasteiger partial charge in [0.1, 0.15) is 0 Å². The van der Waals surface area contributed by atoms with Crippen LogP contribution in [-0.2, 0) is 0 Å². The number of rotatable bonds is 5. The highest BCUT2D eigenvalue weighted by molar-refractivity contribution is 5.26. The third kappa shape index (κ3) is 3.43. The molecule has 30 heavy (non-hydrogen) atoms. The van der Waals surface area contributed by atoms with Gasteiger partial charge >= 0.3 is 0 Å². The van der Waals surface area contributed by atoms with E-state index in [0.717, 1.165) is 61.7 Å². The Kier molecular flexibility index (Phi) is 5.07. The predicted molar refractivity (Wildman–Crippen MR) is 123 cm³/mol. The van der Waals surface area contributed by atoms with E-state index < -0.39 is 5.60 Å². The quantitative estimate of drug-likeness (QED) is 0.495. The van der Waals surface area contributed by atoms with Gasteiger partial charge in [0, 0.05) is 0 Å². The Morgan fingerprint density at radius 3 is 2.47 bits per heavy atom. The largest absolute Gasteiger partial charge is 0.390 e. The molecular formula is C28H46O2. The van der Waals surface area contributed by atoms with E-state index in [4.69, 9.17) is 0 Å². The van der Waals surface area contributed by atoms with Crippen molar-refractivity contribution in [2.24, 2.45) is 40.4 Å². The van der Waals surface area contributed by atoms with Crippen LogP contribution in [0, 0.1) is 40.4 Å². The fourth-order valence-electron chi connectivity index (χ4n) is 9.13. The first kappa shape index (κ1) is 21.5. The van der Waals surface area contributed by atoms with Gasteiger partial charge in [-0.15, -0.1) is 0 Å². The molecule has 0 unspecified atom stereocenters. The number of fused-ring (bicyclic) bond motifs is 5. The Morgan fingerprint density at radius 1 is 0.967 bits per heavy atom. The minimum absolute atomic E-state index is 0.272. The van der Waals surface area contributed by atoms with Gasteiger partial charge in [-0.1, -0.05) is 45.3 Å². The molecule has 8 atom stereocenters. The molecule has 0 bridgehead atoms. The monoisotopic (exact) mass is 414 g/mol. The number of aliphatic hydroxyl groups is 2. The molecule has 2 heteroatoms. The van der Waals surface area contributed by atoms with E-state index in [2.05, 4.69) is 26.8 Å². The van der Waals surface area contributed by atoms with Gasteiger partial charge in [-0.05, 0) is 118 Å². The maximum atomic E-state index is 10.7. The third-order valence-electron chi connectivity index (χ3n) is 11.3. The van der Waals surface area contributed by atoms with Crippen molar-refractivity contribution in [1.29, 1.82) is 0 Å². The molecule has 0 spiro atoms. The molecule has 0 saturated heterocycles. The maximum Gasteiger partial charge on any atom is 0.0657 e. The molecule has 0 aromatic carbocycles. The number of allylic oxidation sites excluding steroid dienone is 1. The lowest BCUT2D eigenvalue weighted by molar-refractivity contribution is -0.0706. The first-order valence-electron chi connectivity index (χ1n) is 13.2. The van der Waals surface area contributed by atoms with Crippen LogP contribution in [0.15, 0.2) is 11.6 Å². The van der Waals surface area contributed by atoms with E-state index >= 15 is 0 Å². The van der Waals surface area contributed by atoms with Crippen molar-refractivity contribution in [1.82, 2.24) is 0 Å². The summed E-state index contributed by atoms with van der Waals surface area (Å²) in [7, 11) is 0. The summed E-state index contributed by atoms with van der Waals surface area (Å²) in [4.78, 5) is 0. The molecule has 170 valence electrons. The van der Waals surface area contributed by atoms with E-state index in [-0.39, 0.29) is 5.60 Å². The fourth-order valence-corrected chi connectivity index (χ4v) is 9.13. The van der Waals surface area contributed by atoms with E-state index in [1.54, 1.807) is 5.57 Å². The molecule has 0 heterocycles. The standard InChI is InChI=1S/C28H46O2/c1-19(6-5-12-28(30)16-17-28)22-9-10-23-21-8-7-20-18-25(2,29)14-15-26(20,3)24(21)11-13-27(22,23)4/h7,19,21-24,29-30H,5-6,8-18H2,1-4H3/t19-,21+,22-,23+,24+,25+,26+,27-/m1/s1. The van der Waals surface area contributed by atoms with Gasteiger partial charge < -0.3 is 10.2 Å². The van der Waals surface area contributed by atoms with Gasteiger partial charge in [0.2, 0.25) is 0 Å². The molecule has 2 N–H and O–H groups in total. The normalized spacial score (nSPS) is 50.1. The zero-order chi connectivity index (χ0) is 21.4. The molecule has 4 saturated carbocycles. The van der Waals surface area contributed by atoms with Crippen molar-refractivity contribution in [3.63, 3.8) is 0 Å². The highest BCUT2D eigenvalue weighted by Crippen LogP contribution is 2.67. The Morgan fingerprint density at radius 2 is 1.73 bits per heavy atom. The Hall–Kier alpha value is -0.340. The molecule has 0 aromatic rings. The smallest absolute Gasteiger partial charge is 0.0657 e. The van der Waals surface area contributed by atoms with Gasteiger partial charge in [-0.2, -0.15) is 0 Å². The van der Waals surface area contributed by atoms with E-state index in [1.807, 2.05) is 6.92 Å². The van der Waals surface area contributed by atoms with E-state index in [1.165, 1.54) is 51.4 Å². The van der Waals surface area contributed by atoms with Crippen LogP contribution in [-0.4, -0.2) is 21.4 Å². The van der Waals surface area contributed by atoms with Crippen LogP contribution in [0.1, 0.15) is 111 Å². The molecule has 5 aliphatic carbocycles. The van der Waals surface area contributed by atoms with Crippen LogP contribution < -0.4 is 0 Å². The fraction of sp³-hybridized carbons (Fsp3) is 0.929. The second-order valence-corrected chi connectivity index (χ2v) is 13.3. The summed E-state index contributed by atoms with van der Waals surface area (Å²) in [6.07, 6.45) is 18.2. The lowest BCUT2D eigenvalue weighted by atomic mass is 9.46. The Labute approximate surface area is 184 Å². The predicted octanol–water partition coefficient (Wildman–Crippen LogP) is 6.65. The van der Waals surface area contributed by atoms with Gasteiger partial charge in [0.05, 0.1) is 11.2 Å². The summed E-state index contributed by atoms with van der Waals surface area (Å²) in [6.45, 7) is 9.77. The minimum atomic E-state index is -0.483. The van der Waals surface area contributed by atoms with Crippen molar-refractivity contribution in [3.8, 4) is 0 Å². The van der Waals surface area contributed by atoms with Gasteiger partial charge in [-0.25, -0.2) is 0 Å². The minimum Gasteiger partial charge on any atom is -0.390 e. The van der Waals surface area contributed by atoms with Gasteiger partial charge in [0.25, 0.3) is 0 Å². The molecule has 4 fully saturated rings. The third-order valence-corrected chi connectivity index (χ3v) is 11.3.